The molecule has 52 heavy (non-hydrogen) atoms. The first kappa shape index (κ1) is 57.8. The van der Waals surface area contributed by atoms with Crippen LogP contribution < -0.4 is 37.6 Å². The topological polar surface area (TPSA) is 201 Å². The molecule has 0 saturated carbocycles. The summed E-state index contributed by atoms with van der Waals surface area (Å²) in [6, 6.07) is 5.55. The van der Waals surface area contributed by atoms with Crippen molar-refractivity contribution in [3.05, 3.63) is 43.5 Å². The Balaban J connectivity index is -0.000000262. The van der Waals surface area contributed by atoms with Gasteiger partial charge in [-0.25, -0.2) is 6.29 Å². The zero-order valence-electron chi connectivity index (χ0n) is 33.6. The minimum Gasteiger partial charge on any atom is -0.540 e. The van der Waals surface area contributed by atoms with Crippen molar-refractivity contribution in [2.45, 2.75) is 126 Å². The summed E-state index contributed by atoms with van der Waals surface area (Å²) < 4.78 is 0. The van der Waals surface area contributed by atoms with Crippen molar-refractivity contribution in [1.82, 2.24) is 26.6 Å². The normalized spacial score (nSPS) is 10.6. The molecule has 0 aliphatic rings. The van der Waals surface area contributed by atoms with Gasteiger partial charge in [-0.1, -0.05) is 74.1 Å². The quantitative estimate of drug-likeness (QED) is 0.0451. The summed E-state index contributed by atoms with van der Waals surface area (Å²) in [7, 11) is 0. The largest absolute Gasteiger partial charge is 2.00 e. The van der Waals surface area contributed by atoms with E-state index in [9.17, 15) is 28.8 Å². The van der Waals surface area contributed by atoms with E-state index >= 15 is 0 Å². The molecule has 1 aromatic rings. The predicted octanol–water partition coefficient (Wildman–Crippen LogP) is 4.55. The number of carbonyl (C=O) groups is 5. The van der Waals surface area contributed by atoms with E-state index in [1.165, 1.54) is 19.5 Å². The van der Waals surface area contributed by atoms with Crippen molar-refractivity contribution in [3.8, 4) is 0 Å². The summed E-state index contributed by atoms with van der Waals surface area (Å²) in [5.41, 5.74) is 8.09. The Hall–Kier alpha value is -3.57. The van der Waals surface area contributed by atoms with Gasteiger partial charge in [-0.05, 0) is 50.1 Å². The molecule has 0 heterocycles. The van der Waals surface area contributed by atoms with Gasteiger partial charge in [0.05, 0.1) is 24.0 Å². The van der Waals surface area contributed by atoms with Gasteiger partial charge in [-0.15, -0.1) is 0 Å². The minimum atomic E-state index is -0.288. The Bertz CT molecular complexity index is 1110. The van der Waals surface area contributed by atoms with Gasteiger partial charge in [0, 0.05) is 44.3 Å². The molecule has 1 aromatic carbocycles. The van der Waals surface area contributed by atoms with Crippen LogP contribution in [0, 0.1) is 12.8 Å². The third kappa shape index (κ3) is 34.9. The van der Waals surface area contributed by atoms with Crippen LogP contribution in [0.3, 0.4) is 0 Å². The van der Waals surface area contributed by atoms with Crippen molar-refractivity contribution < 1.29 is 49.8 Å². The molecule has 2 atom stereocenters. The molecule has 2 unspecified atom stereocenters. The first-order chi connectivity index (χ1) is 24.0. The number of hydrogen-bond acceptors (Lipinski definition) is 9. The monoisotopic (exact) mass is 903 g/mol. The van der Waals surface area contributed by atoms with Gasteiger partial charge in [0.2, 0.25) is 24.1 Å². The van der Waals surface area contributed by atoms with Crippen molar-refractivity contribution >= 4 is 47.6 Å². The SMILES string of the molecule is C=CNC[C-]=O.CC(=O)NCC(=O)NC(C)C.CCC.CCC(=O)C(CCC(=O)NCC(c1ccc(NC=O)c(N)c1)C(C)C)NC(C)C.[CH2-]C.[W+2]. The smallest absolute Gasteiger partial charge is 0.540 e. The van der Waals surface area contributed by atoms with Crippen LogP contribution in [0.4, 0.5) is 11.4 Å². The Morgan fingerprint density at radius 1 is 0.962 bits per heavy atom. The van der Waals surface area contributed by atoms with E-state index < -0.39 is 0 Å². The van der Waals surface area contributed by atoms with Crippen LogP contribution in [-0.4, -0.2) is 74.0 Å². The van der Waals surface area contributed by atoms with E-state index in [-0.39, 0.29) is 87.6 Å². The molecule has 0 bridgehead atoms. The van der Waals surface area contributed by atoms with Crippen LogP contribution in [0.2, 0.25) is 0 Å². The molecular weight excluding hydrogens is 834 g/mol. The maximum Gasteiger partial charge on any atom is 2.00 e. The number of nitrogens with one attached hydrogen (secondary N) is 6. The van der Waals surface area contributed by atoms with Gasteiger partial charge < -0.3 is 49.4 Å². The van der Waals surface area contributed by atoms with Crippen LogP contribution in [0.25, 0.3) is 0 Å². The number of amides is 4. The Kier molecular flexibility index (Phi) is 42.9. The second kappa shape index (κ2) is 38.7. The molecular formula is C38H69N7O6W. The number of rotatable bonds is 19. The molecule has 4 amide bonds. The van der Waals surface area contributed by atoms with E-state index in [0.717, 1.165) is 5.56 Å². The van der Waals surface area contributed by atoms with Gasteiger partial charge >= 0.3 is 21.1 Å². The van der Waals surface area contributed by atoms with Crippen molar-refractivity contribution in [2.75, 3.05) is 30.7 Å². The molecule has 298 valence electrons. The number of nitrogens with two attached hydrogens (primary N) is 1. The van der Waals surface area contributed by atoms with Gasteiger partial charge in [0.1, 0.15) is 5.78 Å². The number of carbonyl (C=O) groups excluding carboxylic acids is 6. The van der Waals surface area contributed by atoms with Gasteiger partial charge in [0.15, 0.2) is 0 Å². The maximum atomic E-state index is 12.4. The molecule has 0 radical (unpaired) electrons. The molecule has 14 heteroatoms. The van der Waals surface area contributed by atoms with E-state index in [1.54, 1.807) is 19.3 Å². The average molecular weight is 904 g/mol. The molecule has 13 nitrogen and oxygen atoms in total. The standard InChI is InChI=1S/C22H36N4O3.C7H14N2O2.C4H6NO.C3H8.C2H5.W/c1-6-21(28)20(26-15(4)5)9-10-22(29)24-12-17(14(2)3)16-7-8-19(25-13-27)18(23)11-16;1-5(2)9-7(11)4-8-6(3)10;1-2-5-3-4-6;1-3-2;1-2;/h7-8,11,13-15,17,20,26H,6,9-10,12,23H2,1-5H3,(H,24,29)(H,25,27);5H,4H2,1-3H3,(H,8,10)(H,9,11);2,5H,1,3H2;3H2,1-2H3;1H2,2H3;/q;;-1;;-1;+2. The summed E-state index contributed by atoms with van der Waals surface area (Å²) >= 11 is 0. The second-order valence-electron chi connectivity index (χ2n) is 12.1. The predicted molar refractivity (Wildman–Crippen MR) is 211 cm³/mol. The second-order valence-corrected chi connectivity index (χ2v) is 12.1. The molecule has 0 fully saturated rings. The van der Waals surface area contributed by atoms with E-state index in [0.29, 0.717) is 43.6 Å². The van der Waals surface area contributed by atoms with Gasteiger partial charge in [-0.2, -0.15) is 6.92 Å². The molecule has 1 rings (SSSR count). The van der Waals surface area contributed by atoms with E-state index in [1.807, 2.05) is 46.8 Å². The number of hydrogen-bond donors (Lipinski definition) is 7. The molecule has 0 spiro atoms. The maximum absolute atomic E-state index is 12.4. The summed E-state index contributed by atoms with van der Waals surface area (Å²) in [6.45, 7) is 28.5. The fourth-order valence-electron chi connectivity index (χ4n) is 4.01. The van der Waals surface area contributed by atoms with Crippen molar-refractivity contribution in [2.24, 2.45) is 5.92 Å². The Morgan fingerprint density at radius 3 is 1.92 bits per heavy atom. The number of nitrogen functional groups attached to an aromatic ring is 1. The molecule has 0 saturated heterocycles. The van der Waals surface area contributed by atoms with Crippen molar-refractivity contribution in [1.29, 1.82) is 0 Å². The molecule has 8 N–H and O–H groups in total. The van der Waals surface area contributed by atoms with Gasteiger partial charge in [0.25, 0.3) is 0 Å². The zero-order chi connectivity index (χ0) is 40.4. The summed E-state index contributed by atoms with van der Waals surface area (Å²) in [5, 5.41) is 16.4. The third-order valence-corrected chi connectivity index (χ3v) is 6.24. The average Bonchev–Trinajstić information content (AvgIpc) is 3.07. The zero-order valence-corrected chi connectivity index (χ0v) is 36.5. The van der Waals surface area contributed by atoms with Crippen LogP contribution in [-0.2, 0) is 49.8 Å². The fraction of sp³-hybridized carbons (Fsp3) is 0.605. The number of anilines is 2. The number of Topliss-reactive ketones (excluding diaryl/α,β-unsaturated/α-hetero) is 1. The summed E-state index contributed by atoms with van der Waals surface area (Å²) in [5.74, 6) is 0.0949. The van der Waals surface area contributed by atoms with Crippen molar-refractivity contribution in [3.63, 3.8) is 0 Å². The Labute approximate surface area is 328 Å². The molecule has 0 aliphatic heterocycles. The molecule has 0 aliphatic carbocycles. The van der Waals surface area contributed by atoms with E-state index in [2.05, 4.69) is 73.1 Å². The summed E-state index contributed by atoms with van der Waals surface area (Å²) in [4.78, 5) is 65.6. The van der Waals surface area contributed by atoms with Crippen LogP contribution in [0.1, 0.15) is 113 Å². The third-order valence-electron chi connectivity index (χ3n) is 6.24. The molecule has 0 aromatic heterocycles. The van der Waals surface area contributed by atoms with E-state index in [4.69, 9.17) is 5.73 Å². The van der Waals surface area contributed by atoms with Crippen LogP contribution in [0.5, 0.6) is 0 Å². The Morgan fingerprint density at radius 2 is 1.54 bits per heavy atom. The first-order valence-corrected chi connectivity index (χ1v) is 17.6. The van der Waals surface area contributed by atoms with Crippen LogP contribution in [0.15, 0.2) is 31.0 Å². The van der Waals surface area contributed by atoms with Gasteiger partial charge in [-0.3, -0.25) is 24.0 Å². The minimum absolute atomic E-state index is 0. The number of ketones is 1. The summed E-state index contributed by atoms with van der Waals surface area (Å²) in [6.07, 6.45) is 6.17. The number of benzene rings is 1. The van der Waals surface area contributed by atoms with Crippen LogP contribution >= 0.6 is 0 Å². The fourth-order valence-corrected chi connectivity index (χ4v) is 4.01. The first-order valence-electron chi connectivity index (χ1n) is 17.6.